The fourth-order valence-corrected chi connectivity index (χ4v) is 0.931. The van der Waals surface area contributed by atoms with Crippen LogP contribution in [-0.4, -0.2) is 9.91 Å². The summed E-state index contributed by atoms with van der Waals surface area (Å²) in [5.74, 6) is -0.356. The van der Waals surface area contributed by atoms with E-state index >= 15 is 0 Å². The Kier molecular flexibility index (Phi) is 2.16. The SMILES string of the molecule is N#Cc1c([N+](=O)[O-])[nH]ccc1=S. The maximum atomic E-state index is 10.3. The molecular formula is C6H3N3O2S. The predicted octanol–water partition coefficient (Wildman–Crippen LogP) is 1.52. The molecule has 0 saturated heterocycles. The molecular weight excluding hydrogens is 178 g/mol. The summed E-state index contributed by atoms with van der Waals surface area (Å²) in [5.41, 5.74) is -0.0995. The highest BCUT2D eigenvalue weighted by Gasteiger charge is 2.12. The molecule has 5 nitrogen and oxygen atoms in total. The Hall–Kier alpha value is -1.74. The van der Waals surface area contributed by atoms with Gasteiger partial charge in [-0.15, -0.1) is 0 Å². The van der Waals surface area contributed by atoms with Crippen molar-refractivity contribution in [1.82, 2.24) is 4.98 Å². The Bertz CT molecular complexity index is 418. The Morgan fingerprint density at radius 1 is 1.75 bits per heavy atom. The summed E-state index contributed by atoms with van der Waals surface area (Å²) >= 11 is 4.71. The zero-order valence-electron chi connectivity index (χ0n) is 5.77. The van der Waals surface area contributed by atoms with Gasteiger partial charge in [-0.05, 0) is 11.0 Å². The second kappa shape index (κ2) is 3.11. The van der Waals surface area contributed by atoms with Crippen molar-refractivity contribution in [2.24, 2.45) is 0 Å². The largest absolute Gasteiger partial charge is 0.358 e. The van der Waals surface area contributed by atoms with Crippen molar-refractivity contribution in [3.8, 4) is 6.07 Å². The number of rotatable bonds is 1. The number of pyridine rings is 1. The smallest absolute Gasteiger partial charge is 0.340 e. The molecule has 0 spiro atoms. The van der Waals surface area contributed by atoms with E-state index < -0.39 is 4.92 Å². The first-order chi connectivity index (χ1) is 5.66. The highest BCUT2D eigenvalue weighted by atomic mass is 32.1. The molecule has 1 aromatic heterocycles. The van der Waals surface area contributed by atoms with Crippen molar-refractivity contribution in [2.75, 3.05) is 0 Å². The van der Waals surface area contributed by atoms with Crippen molar-refractivity contribution in [2.45, 2.75) is 0 Å². The first-order valence-electron chi connectivity index (χ1n) is 2.93. The van der Waals surface area contributed by atoms with Crippen LogP contribution in [0.4, 0.5) is 5.82 Å². The van der Waals surface area contributed by atoms with Crippen molar-refractivity contribution in [1.29, 1.82) is 5.26 Å². The number of nitro groups is 1. The van der Waals surface area contributed by atoms with Crippen LogP contribution in [0.5, 0.6) is 0 Å². The normalized spacial score (nSPS) is 8.92. The molecule has 0 saturated carbocycles. The number of hydrogen-bond donors (Lipinski definition) is 1. The third-order valence-corrected chi connectivity index (χ3v) is 1.57. The van der Waals surface area contributed by atoms with E-state index in [-0.39, 0.29) is 15.9 Å². The lowest BCUT2D eigenvalue weighted by Crippen LogP contribution is -1.95. The predicted molar refractivity (Wildman–Crippen MR) is 43.0 cm³/mol. The minimum Gasteiger partial charge on any atom is -0.358 e. The van der Waals surface area contributed by atoms with Crippen molar-refractivity contribution >= 4 is 18.0 Å². The van der Waals surface area contributed by atoms with E-state index in [1.165, 1.54) is 12.3 Å². The zero-order valence-corrected chi connectivity index (χ0v) is 6.59. The summed E-state index contributed by atoms with van der Waals surface area (Å²) in [4.78, 5) is 12.0. The first-order valence-corrected chi connectivity index (χ1v) is 3.34. The van der Waals surface area contributed by atoms with Gasteiger partial charge in [0.05, 0.1) is 10.7 Å². The van der Waals surface area contributed by atoms with Crippen LogP contribution in [0.3, 0.4) is 0 Å². The van der Waals surface area contributed by atoms with Crippen molar-refractivity contribution in [3.05, 3.63) is 32.5 Å². The van der Waals surface area contributed by atoms with Crippen LogP contribution in [0.25, 0.3) is 0 Å². The van der Waals surface area contributed by atoms with Crippen LogP contribution < -0.4 is 0 Å². The lowest BCUT2D eigenvalue weighted by atomic mass is 10.3. The van der Waals surface area contributed by atoms with Gasteiger partial charge in [0.2, 0.25) is 0 Å². The molecule has 0 unspecified atom stereocenters. The maximum Gasteiger partial charge on any atom is 0.340 e. The summed E-state index contributed by atoms with van der Waals surface area (Å²) in [6.45, 7) is 0. The molecule has 60 valence electrons. The van der Waals surface area contributed by atoms with Gasteiger partial charge in [-0.1, -0.05) is 12.2 Å². The number of hydrogen-bond acceptors (Lipinski definition) is 4. The highest BCUT2D eigenvalue weighted by Crippen LogP contribution is 2.13. The van der Waals surface area contributed by atoms with Crippen LogP contribution in [0.1, 0.15) is 5.56 Å². The number of nitrogens with zero attached hydrogens (tertiary/aromatic N) is 2. The molecule has 0 atom stereocenters. The summed E-state index contributed by atoms with van der Waals surface area (Å²) < 4.78 is 0.183. The van der Waals surface area contributed by atoms with Gasteiger partial charge < -0.3 is 10.1 Å². The van der Waals surface area contributed by atoms with E-state index in [4.69, 9.17) is 17.5 Å². The maximum absolute atomic E-state index is 10.3. The van der Waals surface area contributed by atoms with Gasteiger partial charge in [0, 0.05) is 0 Å². The van der Waals surface area contributed by atoms with Crippen LogP contribution in [0.15, 0.2) is 12.3 Å². The number of nitriles is 1. The molecule has 1 heterocycles. The molecule has 12 heavy (non-hydrogen) atoms. The third-order valence-electron chi connectivity index (χ3n) is 1.23. The van der Waals surface area contributed by atoms with Gasteiger partial charge in [-0.2, -0.15) is 5.26 Å². The van der Waals surface area contributed by atoms with E-state index in [0.29, 0.717) is 0 Å². The molecule has 0 bridgehead atoms. The molecule has 0 radical (unpaired) electrons. The quantitative estimate of drug-likeness (QED) is 0.404. The van der Waals surface area contributed by atoms with Crippen LogP contribution in [0, 0.1) is 26.0 Å². The number of aromatic nitrogens is 1. The van der Waals surface area contributed by atoms with Gasteiger partial charge >= 0.3 is 5.82 Å². The standard InChI is InChI=1S/C6H3N3O2S/c7-3-4-5(12)1-2-8-6(4)9(10)11/h1-2H,(H,8,12). The van der Waals surface area contributed by atoms with Gasteiger partial charge in [0.1, 0.15) is 6.07 Å². The minimum absolute atomic E-state index is 0.0995. The molecule has 1 N–H and O–H groups in total. The van der Waals surface area contributed by atoms with Crippen LogP contribution >= 0.6 is 12.2 Å². The van der Waals surface area contributed by atoms with Crippen molar-refractivity contribution < 1.29 is 4.92 Å². The van der Waals surface area contributed by atoms with Gasteiger partial charge in [-0.3, -0.25) is 0 Å². The zero-order chi connectivity index (χ0) is 9.14. The van der Waals surface area contributed by atoms with E-state index in [0.717, 1.165) is 0 Å². The summed E-state index contributed by atoms with van der Waals surface area (Å²) in [6, 6.07) is 3.10. The second-order valence-corrected chi connectivity index (χ2v) is 2.37. The number of aromatic amines is 1. The molecule has 0 aromatic carbocycles. The van der Waals surface area contributed by atoms with Gasteiger partial charge in [-0.25, -0.2) is 4.98 Å². The molecule has 0 amide bonds. The number of nitrogens with one attached hydrogen (secondary N) is 1. The lowest BCUT2D eigenvalue weighted by Gasteiger charge is -1.94. The fraction of sp³-hybridized carbons (Fsp3) is 0. The Morgan fingerprint density at radius 3 is 2.83 bits per heavy atom. The van der Waals surface area contributed by atoms with Crippen LogP contribution in [-0.2, 0) is 0 Å². The summed E-state index contributed by atoms with van der Waals surface area (Å²) in [7, 11) is 0. The molecule has 0 fully saturated rings. The van der Waals surface area contributed by atoms with Gasteiger partial charge in [0.15, 0.2) is 5.56 Å². The van der Waals surface area contributed by atoms with E-state index in [9.17, 15) is 10.1 Å². The average Bonchev–Trinajstić information content (AvgIpc) is 2.03. The lowest BCUT2D eigenvalue weighted by molar-refractivity contribution is -0.389. The first kappa shape index (κ1) is 8.36. The highest BCUT2D eigenvalue weighted by molar-refractivity contribution is 7.71. The molecule has 0 aliphatic carbocycles. The van der Waals surface area contributed by atoms with E-state index in [1.54, 1.807) is 6.07 Å². The fourth-order valence-electron chi connectivity index (χ4n) is 0.721. The summed E-state index contributed by atoms with van der Waals surface area (Å²) in [5, 5.41) is 18.8. The Labute approximate surface area is 72.4 Å². The van der Waals surface area contributed by atoms with Crippen LogP contribution in [0.2, 0.25) is 0 Å². The molecule has 1 rings (SSSR count). The Balaban J connectivity index is 3.51. The number of H-pyrrole nitrogens is 1. The molecule has 0 aliphatic heterocycles. The molecule has 0 aliphatic rings. The molecule has 6 heteroatoms. The average molecular weight is 181 g/mol. The monoisotopic (exact) mass is 181 g/mol. The van der Waals surface area contributed by atoms with E-state index in [1.807, 2.05) is 0 Å². The Morgan fingerprint density at radius 2 is 2.42 bits per heavy atom. The topological polar surface area (TPSA) is 82.7 Å². The van der Waals surface area contributed by atoms with Crippen molar-refractivity contribution in [3.63, 3.8) is 0 Å². The van der Waals surface area contributed by atoms with E-state index in [2.05, 4.69) is 4.98 Å². The van der Waals surface area contributed by atoms with Gasteiger partial charge in [0.25, 0.3) is 0 Å². The molecule has 1 aromatic rings. The second-order valence-electron chi connectivity index (χ2n) is 1.93. The third kappa shape index (κ3) is 1.31. The minimum atomic E-state index is -0.672. The summed E-state index contributed by atoms with van der Waals surface area (Å²) in [6.07, 6.45) is 1.33.